The predicted octanol–water partition coefficient (Wildman–Crippen LogP) is 3.01. The van der Waals surface area contributed by atoms with Crippen LogP contribution in [0.1, 0.15) is 58.5 Å². The molecule has 0 bridgehead atoms. The van der Waals surface area contributed by atoms with E-state index in [4.69, 9.17) is 5.11 Å². The van der Waals surface area contributed by atoms with Crippen LogP contribution < -0.4 is 0 Å². The number of carboxylic acids is 1. The molecular weight excluding hydrogens is 318 g/mol. The first kappa shape index (κ1) is 17.2. The number of nitrogens with zero attached hydrogens (tertiary/aromatic N) is 3. The fourth-order valence-electron chi connectivity index (χ4n) is 3.27. The van der Waals surface area contributed by atoms with E-state index in [0.29, 0.717) is 13.1 Å². The van der Waals surface area contributed by atoms with Crippen LogP contribution in [0, 0.1) is 0 Å². The zero-order valence-electron chi connectivity index (χ0n) is 14.4. The fraction of sp³-hybridized carbons (Fsp3) is 0.421. The van der Waals surface area contributed by atoms with Gasteiger partial charge in [0.25, 0.3) is 5.91 Å². The molecule has 0 aliphatic carbocycles. The second kappa shape index (κ2) is 7.51. The molecule has 1 aromatic carbocycles. The number of benzene rings is 1. The standard InChI is InChI=1S/C19H23N3O3/c1-2-3-14-4-6-15(7-5-14)18(23)21-10-8-17(9-11-21)22-13-16(12-20-22)19(24)25/h4-7,12-13,17H,2-3,8-11H2,1H3,(H,24,25). The average molecular weight is 341 g/mol. The maximum atomic E-state index is 12.6. The second-order valence-corrected chi connectivity index (χ2v) is 6.48. The minimum atomic E-state index is -0.967. The van der Waals surface area contributed by atoms with Crippen LogP contribution in [0.5, 0.6) is 0 Å². The van der Waals surface area contributed by atoms with Crippen molar-refractivity contribution in [3.63, 3.8) is 0 Å². The quantitative estimate of drug-likeness (QED) is 0.907. The van der Waals surface area contributed by atoms with Crippen LogP contribution in [0.15, 0.2) is 36.7 Å². The van der Waals surface area contributed by atoms with Crippen molar-refractivity contribution in [2.75, 3.05) is 13.1 Å². The van der Waals surface area contributed by atoms with E-state index in [-0.39, 0.29) is 17.5 Å². The number of piperidine rings is 1. The molecule has 132 valence electrons. The molecule has 1 N–H and O–H groups in total. The number of carbonyl (C=O) groups excluding carboxylic acids is 1. The molecule has 0 radical (unpaired) electrons. The summed E-state index contributed by atoms with van der Waals surface area (Å²) in [5.74, 6) is -0.904. The molecule has 3 rings (SSSR count). The first-order valence-electron chi connectivity index (χ1n) is 8.74. The van der Waals surface area contributed by atoms with Crippen molar-refractivity contribution < 1.29 is 14.7 Å². The molecule has 2 aromatic rings. The highest BCUT2D eigenvalue weighted by Crippen LogP contribution is 2.23. The Hall–Kier alpha value is -2.63. The van der Waals surface area contributed by atoms with E-state index in [2.05, 4.69) is 12.0 Å². The fourth-order valence-corrected chi connectivity index (χ4v) is 3.27. The van der Waals surface area contributed by atoms with E-state index in [1.807, 2.05) is 29.2 Å². The zero-order chi connectivity index (χ0) is 17.8. The maximum Gasteiger partial charge on any atom is 0.338 e. The molecule has 6 nitrogen and oxygen atoms in total. The largest absolute Gasteiger partial charge is 0.478 e. The third kappa shape index (κ3) is 3.90. The summed E-state index contributed by atoms with van der Waals surface area (Å²) in [5.41, 5.74) is 2.18. The highest BCUT2D eigenvalue weighted by atomic mass is 16.4. The van der Waals surface area contributed by atoms with Gasteiger partial charge in [-0.05, 0) is 37.0 Å². The molecule has 2 heterocycles. The average Bonchev–Trinajstić information content (AvgIpc) is 3.13. The predicted molar refractivity (Wildman–Crippen MR) is 93.8 cm³/mol. The van der Waals surface area contributed by atoms with Gasteiger partial charge in [-0.15, -0.1) is 0 Å². The van der Waals surface area contributed by atoms with Crippen LogP contribution in [-0.4, -0.2) is 44.8 Å². The first-order chi connectivity index (χ1) is 12.1. The normalized spacial score (nSPS) is 15.3. The van der Waals surface area contributed by atoms with Gasteiger partial charge in [-0.3, -0.25) is 9.48 Å². The lowest BCUT2D eigenvalue weighted by Gasteiger charge is -2.32. The van der Waals surface area contributed by atoms with Crippen LogP contribution in [0.4, 0.5) is 0 Å². The van der Waals surface area contributed by atoms with Gasteiger partial charge >= 0.3 is 5.97 Å². The Bertz CT molecular complexity index is 744. The second-order valence-electron chi connectivity index (χ2n) is 6.48. The molecule has 1 aliphatic rings. The molecule has 1 fully saturated rings. The van der Waals surface area contributed by atoms with Gasteiger partial charge in [0.05, 0.1) is 17.8 Å². The highest BCUT2D eigenvalue weighted by Gasteiger charge is 2.25. The summed E-state index contributed by atoms with van der Waals surface area (Å²) >= 11 is 0. The Balaban J connectivity index is 1.59. The molecule has 1 saturated heterocycles. The molecule has 0 atom stereocenters. The van der Waals surface area contributed by atoms with Crippen LogP contribution in [-0.2, 0) is 6.42 Å². The summed E-state index contributed by atoms with van der Waals surface area (Å²) < 4.78 is 1.71. The lowest BCUT2D eigenvalue weighted by Crippen LogP contribution is -2.39. The summed E-state index contributed by atoms with van der Waals surface area (Å²) in [6, 6.07) is 8.02. The summed E-state index contributed by atoms with van der Waals surface area (Å²) in [7, 11) is 0. The van der Waals surface area contributed by atoms with Crippen LogP contribution in [0.3, 0.4) is 0 Å². The van der Waals surface area contributed by atoms with Crippen molar-refractivity contribution in [1.82, 2.24) is 14.7 Å². The molecule has 0 spiro atoms. The van der Waals surface area contributed by atoms with Gasteiger partial charge in [0.15, 0.2) is 0 Å². The Labute approximate surface area is 147 Å². The Kier molecular flexibility index (Phi) is 5.16. The van der Waals surface area contributed by atoms with Gasteiger partial charge in [0.1, 0.15) is 0 Å². The van der Waals surface area contributed by atoms with Crippen LogP contribution >= 0.6 is 0 Å². The lowest BCUT2D eigenvalue weighted by atomic mass is 10.0. The monoisotopic (exact) mass is 341 g/mol. The number of aryl methyl sites for hydroxylation is 1. The highest BCUT2D eigenvalue weighted by molar-refractivity contribution is 5.94. The molecular formula is C19H23N3O3. The zero-order valence-corrected chi connectivity index (χ0v) is 14.4. The van der Waals surface area contributed by atoms with Gasteiger partial charge in [0, 0.05) is 24.8 Å². The van der Waals surface area contributed by atoms with Gasteiger partial charge in [0.2, 0.25) is 0 Å². The Morgan fingerprint density at radius 3 is 2.40 bits per heavy atom. The van der Waals surface area contributed by atoms with E-state index in [9.17, 15) is 9.59 Å². The Morgan fingerprint density at radius 1 is 1.16 bits per heavy atom. The number of likely N-dealkylation sites (tertiary alicyclic amines) is 1. The molecule has 0 saturated carbocycles. The SMILES string of the molecule is CCCc1ccc(C(=O)N2CCC(n3cc(C(=O)O)cn3)CC2)cc1. The van der Waals surface area contributed by atoms with Gasteiger partial charge in [-0.2, -0.15) is 5.10 Å². The number of aromatic nitrogens is 2. The Morgan fingerprint density at radius 2 is 1.84 bits per heavy atom. The topological polar surface area (TPSA) is 75.4 Å². The third-order valence-corrected chi connectivity index (χ3v) is 4.71. The van der Waals surface area contributed by atoms with Gasteiger partial charge < -0.3 is 10.0 Å². The summed E-state index contributed by atoms with van der Waals surface area (Å²) in [6.07, 6.45) is 6.62. The molecule has 25 heavy (non-hydrogen) atoms. The third-order valence-electron chi connectivity index (χ3n) is 4.71. The summed E-state index contributed by atoms with van der Waals surface area (Å²) in [4.78, 5) is 25.5. The van der Waals surface area contributed by atoms with Crippen molar-refractivity contribution in [3.8, 4) is 0 Å². The van der Waals surface area contributed by atoms with Crippen molar-refractivity contribution in [3.05, 3.63) is 53.3 Å². The number of rotatable bonds is 5. The number of hydrogen-bond acceptors (Lipinski definition) is 3. The van der Waals surface area contributed by atoms with Crippen molar-refractivity contribution in [2.45, 2.75) is 38.6 Å². The minimum absolute atomic E-state index is 0.0631. The van der Waals surface area contributed by atoms with Gasteiger partial charge in [-0.1, -0.05) is 25.5 Å². The summed E-state index contributed by atoms with van der Waals surface area (Å²) in [6.45, 7) is 3.45. The summed E-state index contributed by atoms with van der Waals surface area (Å²) in [5, 5.41) is 13.1. The lowest BCUT2D eigenvalue weighted by molar-refractivity contribution is 0.0688. The maximum absolute atomic E-state index is 12.6. The van der Waals surface area contributed by atoms with Crippen LogP contribution in [0.25, 0.3) is 0 Å². The van der Waals surface area contributed by atoms with Crippen LogP contribution in [0.2, 0.25) is 0 Å². The molecule has 0 unspecified atom stereocenters. The number of carboxylic acid groups (broad SMARTS) is 1. The van der Waals surface area contributed by atoms with Crippen molar-refractivity contribution >= 4 is 11.9 Å². The molecule has 1 aliphatic heterocycles. The molecule has 6 heteroatoms. The number of aromatic carboxylic acids is 1. The number of carbonyl (C=O) groups is 2. The van der Waals surface area contributed by atoms with Gasteiger partial charge in [-0.25, -0.2) is 4.79 Å². The first-order valence-corrected chi connectivity index (χ1v) is 8.74. The molecule has 1 aromatic heterocycles. The van der Waals surface area contributed by atoms with E-state index in [1.165, 1.54) is 11.8 Å². The minimum Gasteiger partial charge on any atom is -0.478 e. The number of amides is 1. The van der Waals surface area contributed by atoms with E-state index in [0.717, 1.165) is 31.2 Å². The smallest absolute Gasteiger partial charge is 0.338 e. The van der Waals surface area contributed by atoms with E-state index in [1.54, 1.807) is 10.9 Å². The van der Waals surface area contributed by atoms with E-state index < -0.39 is 5.97 Å². The van der Waals surface area contributed by atoms with Crippen molar-refractivity contribution in [2.24, 2.45) is 0 Å². The van der Waals surface area contributed by atoms with E-state index >= 15 is 0 Å². The molecule has 1 amide bonds. The van der Waals surface area contributed by atoms with Crippen molar-refractivity contribution in [1.29, 1.82) is 0 Å². The number of hydrogen-bond donors (Lipinski definition) is 1.